The first kappa shape index (κ1) is 37.7. The molecule has 43 heavy (non-hydrogen) atoms. The summed E-state index contributed by atoms with van der Waals surface area (Å²) in [4.78, 5) is 9.29. The molecule has 0 N–H and O–H groups in total. The molecule has 0 aliphatic carbocycles. The SMILES string of the molecule is CCCCCCCCCCCCCCCCCCCCCCCCCCCCCCCCCc1cnc2ccccc2n1. The molecule has 246 valence electrons. The van der Waals surface area contributed by atoms with Crippen LogP contribution in [0.1, 0.15) is 212 Å². The Balaban J connectivity index is 1.18. The van der Waals surface area contributed by atoms with E-state index in [1.54, 1.807) is 0 Å². The highest BCUT2D eigenvalue weighted by atomic mass is 14.8. The van der Waals surface area contributed by atoms with Gasteiger partial charge in [-0.2, -0.15) is 0 Å². The molecule has 0 bridgehead atoms. The molecule has 1 heterocycles. The number of hydrogen-bond acceptors (Lipinski definition) is 2. The normalized spacial score (nSPS) is 11.6. The monoisotopic (exact) mass is 593 g/mol. The van der Waals surface area contributed by atoms with Crippen molar-refractivity contribution in [1.29, 1.82) is 0 Å². The van der Waals surface area contributed by atoms with Gasteiger partial charge in [0.2, 0.25) is 0 Å². The molecular formula is C41H72N2. The Morgan fingerprint density at radius 3 is 1.02 bits per heavy atom. The molecule has 0 spiro atoms. The van der Waals surface area contributed by atoms with Crippen molar-refractivity contribution in [3.8, 4) is 0 Å². The first-order valence-electron chi connectivity index (χ1n) is 19.6. The van der Waals surface area contributed by atoms with E-state index in [0.29, 0.717) is 0 Å². The zero-order valence-electron chi connectivity index (χ0n) is 28.9. The van der Waals surface area contributed by atoms with E-state index < -0.39 is 0 Å². The van der Waals surface area contributed by atoms with Gasteiger partial charge < -0.3 is 0 Å². The van der Waals surface area contributed by atoms with E-state index in [-0.39, 0.29) is 0 Å². The Hall–Kier alpha value is -1.44. The summed E-state index contributed by atoms with van der Waals surface area (Å²) in [6.07, 6.45) is 48.0. The fraction of sp³-hybridized carbons (Fsp3) is 0.805. The molecule has 2 nitrogen and oxygen atoms in total. The van der Waals surface area contributed by atoms with Gasteiger partial charge in [0.15, 0.2) is 0 Å². The molecule has 2 aromatic rings. The molecular weight excluding hydrogens is 520 g/mol. The Bertz CT molecular complexity index is 846. The maximum absolute atomic E-state index is 4.75. The minimum Gasteiger partial charge on any atom is -0.253 e. The molecule has 2 heteroatoms. The minimum absolute atomic E-state index is 1.00. The maximum Gasteiger partial charge on any atom is 0.0890 e. The van der Waals surface area contributed by atoms with Crippen molar-refractivity contribution in [2.45, 2.75) is 212 Å². The zero-order valence-corrected chi connectivity index (χ0v) is 28.9. The van der Waals surface area contributed by atoms with Gasteiger partial charge in [0.25, 0.3) is 0 Å². The van der Waals surface area contributed by atoms with Crippen molar-refractivity contribution in [2.24, 2.45) is 0 Å². The second-order valence-electron chi connectivity index (χ2n) is 13.7. The molecule has 0 saturated heterocycles. The summed E-state index contributed by atoms with van der Waals surface area (Å²) in [6, 6.07) is 8.18. The average molecular weight is 593 g/mol. The lowest BCUT2D eigenvalue weighted by molar-refractivity contribution is 0.512. The van der Waals surface area contributed by atoms with Crippen LogP contribution in [-0.2, 0) is 6.42 Å². The van der Waals surface area contributed by atoms with Crippen molar-refractivity contribution < 1.29 is 0 Å². The Morgan fingerprint density at radius 1 is 0.372 bits per heavy atom. The first-order chi connectivity index (χ1) is 21.4. The van der Waals surface area contributed by atoms with Gasteiger partial charge in [-0.25, -0.2) is 4.98 Å². The molecule has 0 radical (unpaired) electrons. The Morgan fingerprint density at radius 2 is 0.674 bits per heavy atom. The van der Waals surface area contributed by atoms with E-state index in [9.17, 15) is 0 Å². The van der Waals surface area contributed by atoms with Crippen LogP contribution in [0.25, 0.3) is 11.0 Å². The molecule has 0 aliphatic heterocycles. The highest BCUT2D eigenvalue weighted by Gasteiger charge is 2.00. The largest absolute Gasteiger partial charge is 0.253 e. The average Bonchev–Trinajstić information content (AvgIpc) is 3.03. The number of para-hydroxylation sites is 2. The van der Waals surface area contributed by atoms with Gasteiger partial charge in [-0.1, -0.05) is 212 Å². The topological polar surface area (TPSA) is 25.8 Å². The third kappa shape index (κ3) is 22.7. The van der Waals surface area contributed by atoms with E-state index in [4.69, 9.17) is 4.98 Å². The predicted octanol–water partition coefficient (Wildman–Crippen LogP) is 14.3. The van der Waals surface area contributed by atoms with Gasteiger partial charge in [-0.05, 0) is 25.0 Å². The van der Waals surface area contributed by atoms with Gasteiger partial charge in [-0.15, -0.1) is 0 Å². The van der Waals surface area contributed by atoms with Crippen molar-refractivity contribution in [1.82, 2.24) is 9.97 Å². The Kier molecular flexibility index (Phi) is 25.7. The van der Waals surface area contributed by atoms with Crippen LogP contribution in [0, 0.1) is 0 Å². The number of benzene rings is 1. The lowest BCUT2D eigenvalue weighted by Gasteiger charge is -2.05. The van der Waals surface area contributed by atoms with Crippen LogP contribution < -0.4 is 0 Å². The quantitative estimate of drug-likeness (QED) is 0.0790. The first-order valence-corrected chi connectivity index (χ1v) is 19.6. The highest BCUT2D eigenvalue weighted by Crippen LogP contribution is 2.17. The number of unbranched alkanes of at least 4 members (excludes halogenated alkanes) is 30. The maximum atomic E-state index is 4.75. The molecule has 0 unspecified atom stereocenters. The number of hydrogen-bond donors (Lipinski definition) is 0. The summed E-state index contributed by atoms with van der Waals surface area (Å²) in [5, 5.41) is 0. The molecule has 1 aromatic heterocycles. The van der Waals surface area contributed by atoms with E-state index in [0.717, 1.165) is 23.1 Å². The van der Waals surface area contributed by atoms with Crippen LogP contribution in [0.4, 0.5) is 0 Å². The minimum atomic E-state index is 1.00. The summed E-state index contributed by atoms with van der Waals surface area (Å²) in [7, 11) is 0. The summed E-state index contributed by atoms with van der Waals surface area (Å²) in [5.41, 5.74) is 3.18. The molecule has 0 atom stereocenters. The lowest BCUT2D eigenvalue weighted by atomic mass is 10.0. The van der Waals surface area contributed by atoms with Gasteiger partial charge in [-0.3, -0.25) is 4.98 Å². The number of aryl methyl sites for hydroxylation is 1. The summed E-state index contributed by atoms with van der Waals surface area (Å²) < 4.78 is 0. The van der Waals surface area contributed by atoms with E-state index in [1.807, 2.05) is 24.4 Å². The zero-order chi connectivity index (χ0) is 30.3. The third-order valence-corrected chi connectivity index (χ3v) is 9.53. The van der Waals surface area contributed by atoms with E-state index in [1.165, 1.54) is 199 Å². The van der Waals surface area contributed by atoms with Crippen LogP contribution in [0.3, 0.4) is 0 Å². The van der Waals surface area contributed by atoms with Crippen LogP contribution in [0.2, 0.25) is 0 Å². The highest BCUT2D eigenvalue weighted by molar-refractivity contribution is 5.73. The van der Waals surface area contributed by atoms with Crippen LogP contribution in [0.5, 0.6) is 0 Å². The summed E-state index contributed by atoms with van der Waals surface area (Å²) in [6.45, 7) is 2.31. The van der Waals surface area contributed by atoms with Gasteiger partial charge in [0.05, 0.1) is 16.7 Å². The van der Waals surface area contributed by atoms with E-state index >= 15 is 0 Å². The number of rotatable bonds is 32. The van der Waals surface area contributed by atoms with Crippen molar-refractivity contribution in [3.63, 3.8) is 0 Å². The van der Waals surface area contributed by atoms with Crippen molar-refractivity contribution >= 4 is 11.0 Å². The predicted molar refractivity (Wildman–Crippen MR) is 192 cm³/mol. The van der Waals surface area contributed by atoms with Gasteiger partial charge in [0.1, 0.15) is 0 Å². The summed E-state index contributed by atoms with van der Waals surface area (Å²) in [5.74, 6) is 0. The smallest absolute Gasteiger partial charge is 0.0890 e. The van der Waals surface area contributed by atoms with Crippen LogP contribution in [-0.4, -0.2) is 9.97 Å². The fourth-order valence-electron chi connectivity index (χ4n) is 6.62. The van der Waals surface area contributed by atoms with Crippen molar-refractivity contribution in [3.05, 3.63) is 36.2 Å². The van der Waals surface area contributed by atoms with Crippen molar-refractivity contribution in [2.75, 3.05) is 0 Å². The second-order valence-corrected chi connectivity index (χ2v) is 13.7. The fourth-order valence-corrected chi connectivity index (χ4v) is 6.62. The number of nitrogens with zero attached hydrogens (tertiary/aromatic N) is 2. The number of fused-ring (bicyclic) bond motifs is 1. The summed E-state index contributed by atoms with van der Waals surface area (Å²) >= 11 is 0. The van der Waals surface area contributed by atoms with Crippen LogP contribution >= 0.6 is 0 Å². The third-order valence-electron chi connectivity index (χ3n) is 9.53. The molecule has 2 rings (SSSR count). The van der Waals surface area contributed by atoms with Gasteiger partial charge >= 0.3 is 0 Å². The van der Waals surface area contributed by atoms with Crippen LogP contribution in [0.15, 0.2) is 30.5 Å². The Labute approximate surface area is 269 Å². The second kappa shape index (κ2) is 29.3. The molecule has 1 aromatic carbocycles. The molecule has 0 amide bonds. The lowest BCUT2D eigenvalue weighted by Crippen LogP contribution is -1.93. The molecule has 0 fully saturated rings. The van der Waals surface area contributed by atoms with E-state index in [2.05, 4.69) is 18.0 Å². The number of aromatic nitrogens is 2. The molecule has 0 aliphatic rings. The molecule has 0 saturated carbocycles. The van der Waals surface area contributed by atoms with Gasteiger partial charge in [0, 0.05) is 6.20 Å². The standard InChI is InChI=1S/C41H72N2/c1-2-3-4-5-6-7-8-9-10-11-12-13-14-15-16-17-18-19-20-21-22-23-24-25-26-27-28-29-30-31-32-35-39-38-42-40-36-33-34-37-41(40)43-39/h33-34,36-38H,2-32,35H2,1H3.